The van der Waals surface area contributed by atoms with E-state index in [1.54, 1.807) is 52.0 Å². The Bertz CT molecular complexity index is 506. The van der Waals surface area contributed by atoms with Crippen LogP contribution in [0.5, 0.6) is 5.75 Å². The van der Waals surface area contributed by atoms with E-state index in [1.165, 1.54) is 0 Å². The topological polar surface area (TPSA) is 76.7 Å². The van der Waals surface area contributed by atoms with Crippen LogP contribution in [-0.2, 0) is 9.53 Å². The normalized spacial score (nSPS) is 12.2. The van der Waals surface area contributed by atoms with Crippen LogP contribution >= 0.6 is 0 Å². The van der Waals surface area contributed by atoms with Crippen LogP contribution in [-0.4, -0.2) is 30.3 Å². The lowest BCUT2D eigenvalue weighted by atomic mass is 10.2. The molecule has 1 aromatic carbocycles. The predicted molar refractivity (Wildman–Crippen MR) is 85.1 cm³/mol. The lowest BCUT2D eigenvalue weighted by Crippen LogP contribution is -2.43. The fourth-order valence-electron chi connectivity index (χ4n) is 1.60. The Kier molecular flexibility index (Phi) is 6.22. The third-order valence-electron chi connectivity index (χ3n) is 2.56. The fraction of sp³-hybridized carbons (Fsp3) is 0.500. The van der Waals surface area contributed by atoms with E-state index in [9.17, 15) is 9.59 Å². The summed E-state index contributed by atoms with van der Waals surface area (Å²) >= 11 is 0. The zero-order valence-electron chi connectivity index (χ0n) is 13.7. The number of ether oxygens (including phenoxy) is 2. The summed E-state index contributed by atoms with van der Waals surface area (Å²) in [6.07, 6.45) is -0.623. The molecule has 6 nitrogen and oxygen atoms in total. The number of rotatable bonds is 5. The summed E-state index contributed by atoms with van der Waals surface area (Å²) in [5.41, 5.74) is 0.0290. The number of carbonyl (C=O) groups is 2. The Balaban J connectivity index is 2.51. The van der Waals surface area contributed by atoms with Crippen LogP contribution in [0.15, 0.2) is 24.3 Å². The minimum absolute atomic E-state index is 0.324. The number of nitrogens with one attached hydrogen (secondary N) is 2. The highest BCUT2D eigenvalue weighted by molar-refractivity contribution is 5.96. The molecule has 0 bridgehead atoms. The van der Waals surface area contributed by atoms with Gasteiger partial charge < -0.3 is 20.1 Å². The van der Waals surface area contributed by atoms with Crippen molar-refractivity contribution in [3.8, 4) is 5.75 Å². The first-order chi connectivity index (χ1) is 10.2. The van der Waals surface area contributed by atoms with Gasteiger partial charge in [0.15, 0.2) is 0 Å². The van der Waals surface area contributed by atoms with Gasteiger partial charge in [-0.3, -0.25) is 4.79 Å². The number of hydrogen-bond donors (Lipinski definition) is 2. The molecule has 2 amide bonds. The average Bonchev–Trinajstić information content (AvgIpc) is 2.39. The minimum Gasteiger partial charge on any atom is -0.494 e. The number of hydrogen-bond acceptors (Lipinski definition) is 4. The van der Waals surface area contributed by atoms with Crippen molar-refractivity contribution in [3.63, 3.8) is 0 Å². The van der Waals surface area contributed by atoms with Gasteiger partial charge in [0.05, 0.1) is 6.61 Å². The second-order valence-corrected chi connectivity index (χ2v) is 5.81. The van der Waals surface area contributed by atoms with E-state index in [-0.39, 0.29) is 5.91 Å². The number of benzene rings is 1. The van der Waals surface area contributed by atoms with Gasteiger partial charge in [0.25, 0.3) is 0 Å². The van der Waals surface area contributed by atoms with Crippen LogP contribution in [0.1, 0.15) is 34.6 Å². The average molecular weight is 308 g/mol. The highest BCUT2D eigenvalue weighted by Gasteiger charge is 2.21. The molecule has 1 rings (SSSR count). The quantitative estimate of drug-likeness (QED) is 0.877. The summed E-state index contributed by atoms with van der Waals surface area (Å²) in [4.78, 5) is 23.6. The molecule has 22 heavy (non-hydrogen) atoms. The molecule has 0 heterocycles. The zero-order valence-corrected chi connectivity index (χ0v) is 13.7. The minimum atomic E-state index is -0.707. The summed E-state index contributed by atoms with van der Waals surface area (Å²) in [7, 11) is 0. The van der Waals surface area contributed by atoms with Gasteiger partial charge in [-0.05, 0) is 58.9 Å². The summed E-state index contributed by atoms with van der Waals surface area (Å²) in [6.45, 7) is 9.36. The maximum absolute atomic E-state index is 12.0. The Morgan fingerprint density at radius 2 is 1.77 bits per heavy atom. The Morgan fingerprint density at radius 3 is 2.27 bits per heavy atom. The molecular formula is C16H24N2O4. The lowest BCUT2D eigenvalue weighted by Gasteiger charge is -2.21. The molecule has 0 aromatic heterocycles. The largest absolute Gasteiger partial charge is 0.494 e. The molecule has 0 fully saturated rings. The second-order valence-electron chi connectivity index (χ2n) is 5.81. The zero-order chi connectivity index (χ0) is 16.8. The monoisotopic (exact) mass is 308 g/mol. The molecular weight excluding hydrogens is 284 g/mol. The molecule has 2 N–H and O–H groups in total. The lowest BCUT2D eigenvalue weighted by molar-refractivity contribution is -0.117. The molecule has 0 spiro atoms. The van der Waals surface area contributed by atoms with Crippen LogP contribution in [0, 0.1) is 0 Å². The van der Waals surface area contributed by atoms with Crippen molar-refractivity contribution in [2.24, 2.45) is 0 Å². The highest BCUT2D eigenvalue weighted by Crippen LogP contribution is 2.15. The van der Waals surface area contributed by atoms with Gasteiger partial charge in [-0.2, -0.15) is 0 Å². The molecule has 1 unspecified atom stereocenters. The molecule has 0 saturated heterocycles. The van der Waals surface area contributed by atoms with Crippen LogP contribution in [0.2, 0.25) is 0 Å². The van der Waals surface area contributed by atoms with E-state index in [0.29, 0.717) is 12.3 Å². The molecule has 6 heteroatoms. The Morgan fingerprint density at radius 1 is 1.18 bits per heavy atom. The van der Waals surface area contributed by atoms with Crippen molar-refractivity contribution < 1.29 is 19.1 Å². The van der Waals surface area contributed by atoms with Crippen LogP contribution < -0.4 is 15.4 Å². The molecule has 1 atom stereocenters. The first-order valence-electron chi connectivity index (χ1n) is 7.24. The SMILES string of the molecule is CCOc1ccc(NC(=O)C(C)NC(=O)OC(C)(C)C)cc1. The van der Waals surface area contributed by atoms with E-state index in [1.807, 2.05) is 6.92 Å². The molecule has 0 radical (unpaired) electrons. The van der Waals surface area contributed by atoms with Crippen LogP contribution in [0.3, 0.4) is 0 Å². The standard InChI is InChI=1S/C16H24N2O4/c1-6-21-13-9-7-12(8-10-13)18-14(19)11(2)17-15(20)22-16(3,4)5/h7-11H,6H2,1-5H3,(H,17,20)(H,18,19). The smallest absolute Gasteiger partial charge is 0.408 e. The molecule has 0 aliphatic rings. The van der Waals surface area contributed by atoms with E-state index in [0.717, 1.165) is 5.75 Å². The maximum Gasteiger partial charge on any atom is 0.408 e. The maximum atomic E-state index is 12.0. The molecule has 0 aliphatic carbocycles. The highest BCUT2D eigenvalue weighted by atomic mass is 16.6. The van der Waals surface area contributed by atoms with Crippen molar-refractivity contribution in [1.29, 1.82) is 0 Å². The van der Waals surface area contributed by atoms with Gasteiger partial charge >= 0.3 is 6.09 Å². The van der Waals surface area contributed by atoms with Crippen molar-refractivity contribution in [2.45, 2.75) is 46.3 Å². The summed E-state index contributed by atoms with van der Waals surface area (Å²) in [5.74, 6) is 0.412. The summed E-state index contributed by atoms with van der Waals surface area (Å²) < 4.78 is 10.4. The summed E-state index contributed by atoms with van der Waals surface area (Å²) in [6, 6.07) is 6.31. The van der Waals surface area contributed by atoms with Gasteiger partial charge in [-0.25, -0.2) is 4.79 Å². The van der Waals surface area contributed by atoms with Crippen molar-refractivity contribution >= 4 is 17.7 Å². The van der Waals surface area contributed by atoms with E-state index >= 15 is 0 Å². The second kappa shape index (κ2) is 7.68. The van der Waals surface area contributed by atoms with Crippen molar-refractivity contribution in [2.75, 3.05) is 11.9 Å². The number of anilines is 1. The molecule has 0 aliphatic heterocycles. The third kappa shape index (κ3) is 6.47. The molecule has 0 saturated carbocycles. The van der Waals surface area contributed by atoms with Gasteiger partial charge in [0, 0.05) is 5.69 Å². The van der Waals surface area contributed by atoms with Crippen molar-refractivity contribution in [1.82, 2.24) is 5.32 Å². The van der Waals surface area contributed by atoms with E-state index < -0.39 is 17.7 Å². The van der Waals surface area contributed by atoms with Crippen LogP contribution in [0.4, 0.5) is 10.5 Å². The van der Waals surface area contributed by atoms with E-state index in [4.69, 9.17) is 9.47 Å². The van der Waals surface area contributed by atoms with Gasteiger partial charge in [0.2, 0.25) is 5.91 Å². The van der Waals surface area contributed by atoms with Crippen molar-refractivity contribution in [3.05, 3.63) is 24.3 Å². The Hall–Kier alpha value is -2.24. The molecule has 1 aromatic rings. The van der Waals surface area contributed by atoms with Crippen LogP contribution in [0.25, 0.3) is 0 Å². The Labute approximate surface area is 131 Å². The first kappa shape index (κ1) is 17.8. The van der Waals surface area contributed by atoms with Gasteiger partial charge in [-0.1, -0.05) is 0 Å². The van der Waals surface area contributed by atoms with Gasteiger partial charge in [0.1, 0.15) is 17.4 Å². The summed E-state index contributed by atoms with van der Waals surface area (Å²) in [5, 5.41) is 5.20. The van der Waals surface area contributed by atoms with E-state index in [2.05, 4.69) is 10.6 Å². The predicted octanol–water partition coefficient (Wildman–Crippen LogP) is 2.94. The number of alkyl carbamates (subject to hydrolysis) is 1. The number of amides is 2. The first-order valence-corrected chi connectivity index (χ1v) is 7.24. The third-order valence-corrected chi connectivity index (χ3v) is 2.56. The number of carbonyl (C=O) groups excluding carboxylic acids is 2. The molecule has 122 valence electrons. The van der Waals surface area contributed by atoms with Gasteiger partial charge in [-0.15, -0.1) is 0 Å². The fourth-order valence-corrected chi connectivity index (χ4v) is 1.60.